The summed E-state index contributed by atoms with van der Waals surface area (Å²) in [5.74, 6) is 0.554. The van der Waals surface area contributed by atoms with Crippen molar-refractivity contribution >= 4 is 37.7 Å². The van der Waals surface area contributed by atoms with Crippen LogP contribution >= 0.6 is 15.9 Å². The van der Waals surface area contributed by atoms with Gasteiger partial charge in [0.15, 0.2) is 17.3 Å². The van der Waals surface area contributed by atoms with Crippen LogP contribution < -0.4 is 34.3 Å². The molecule has 0 saturated carbocycles. The van der Waals surface area contributed by atoms with Crippen LogP contribution in [0.5, 0.6) is 29.1 Å². The lowest BCUT2D eigenvalue weighted by Gasteiger charge is -2.20. The van der Waals surface area contributed by atoms with Gasteiger partial charge in [-0.05, 0) is 58.2 Å². The van der Waals surface area contributed by atoms with E-state index in [1.807, 2.05) is 0 Å². The third kappa shape index (κ3) is 9.39. The van der Waals surface area contributed by atoms with Crippen LogP contribution in [-0.4, -0.2) is 68.8 Å². The van der Waals surface area contributed by atoms with Gasteiger partial charge in [0.05, 0.1) is 16.5 Å². The lowest BCUT2D eigenvalue weighted by molar-refractivity contribution is 0.197. The quantitative estimate of drug-likeness (QED) is 0.142. The van der Waals surface area contributed by atoms with Gasteiger partial charge in [0, 0.05) is 25.5 Å². The van der Waals surface area contributed by atoms with E-state index in [2.05, 4.69) is 72.0 Å². The number of rotatable bonds is 15. The predicted octanol–water partition coefficient (Wildman–Crippen LogP) is 5.02. The van der Waals surface area contributed by atoms with Gasteiger partial charge in [-0.1, -0.05) is 45.0 Å². The Labute approximate surface area is 271 Å². The Bertz CT molecular complexity index is 1670. The van der Waals surface area contributed by atoms with Gasteiger partial charge in [-0.3, -0.25) is 4.72 Å². The van der Waals surface area contributed by atoms with E-state index in [-0.39, 0.29) is 52.9 Å². The number of ether oxygens (including phenoxy) is 4. The van der Waals surface area contributed by atoms with Crippen molar-refractivity contribution in [2.24, 2.45) is 0 Å². The summed E-state index contributed by atoms with van der Waals surface area (Å²) in [7, 11) is -0.818. The normalized spacial score (nSPS) is 11.5. The molecule has 0 spiro atoms. The molecule has 0 unspecified atom stereocenters. The van der Waals surface area contributed by atoms with E-state index in [9.17, 15) is 8.42 Å². The predicted molar refractivity (Wildman–Crippen MR) is 174 cm³/mol. The highest BCUT2D eigenvalue weighted by atomic mass is 79.9. The van der Waals surface area contributed by atoms with E-state index in [1.165, 1.54) is 7.11 Å². The summed E-state index contributed by atoms with van der Waals surface area (Å²) in [6.45, 7) is 7.27. The molecule has 3 N–H and O–H groups in total. The number of nitrogens with zero attached hydrogens (tertiary/aromatic N) is 4. The molecule has 15 heteroatoms. The molecule has 0 saturated heterocycles. The maximum absolute atomic E-state index is 13.7. The number of aromatic nitrogens is 4. The van der Waals surface area contributed by atoms with E-state index in [4.69, 9.17) is 18.9 Å². The van der Waals surface area contributed by atoms with Gasteiger partial charge in [-0.25, -0.2) is 18.4 Å². The van der Waals surface area contributed by atoms with Crippen molar-refractivity contribution in [2.45, 2.75) is 31.1 Å². The number of sulfonamides is 1. The molecule has 45 heavy (non-hydrogen) atoms. The maximum Gasteiger partial charge on any atom is 0.316 e. The Morgan fingerprint density at radius 2 is 1.56 bits per heavy atom. The Morgan fingerprint density at radius 3 is 2.20 bits per heavy atom. The van der Waals surface area contributed by atoms with Crippen LogP contribution in [0.3, 0.4) is 0 Å². The molecule has 4 rings (SSSR count). The van der Waals surface area contributed by atoms with Gasteiger partial charge in [0.25, 0.3) is 15.9 Å². The number of methoxy groups -OCH3 is 1. The molecule has 0 fully saturated rings. The lowest BCUT2D eigenvalue weighted by atomic mass is 9.87. The van der Waals surface area contributed by atoms with Crippen molar-refractivity contribution < 1.29 is 27.4 Å². The summed E-state index contributed by atoms with van der Waals surface area (Å²) in [5.41, 5.74) is 0.844. The van der Waals surface area contributed by atoms with E-state index in [0.29, 0.717) is 29.1 Å². The zero-order valence-electron chi connectivity index (χ0n) is 25.6. The van der Waals surface area contributed by atoms with Crippen LogP contribution in [0.15, 0.2) is 70.3 Å². The van der Waals surface area contributed by atoms with Crippen LogP contribution in [0.1, 0.15) is 26.3 Å². The van der Waals surface area contributed by atoms with Crippen LogP contribution in [0.2, 0.25) is 0 Å². The third-order valence-corrected chi connectivity index (χ3v) is 7.95. The third-order valence-electron chi connectivity index (χ3n) is 6.19. The number of para-hydroxylation sites is 2. The molecule has 2 aromatic heterocycles. The molecule has 4 aromatic rings. The maximum atomic E-state index is 13.7. The Morgan fingerprint density at radius 1 is 0.889 bits per heavy atom. The van der Waals surface area contributed by atoms with Crippen LogP contribution in [0.4, 0.5) is 11.8 Å². The van der Waals surface area contributed by atoms with Crippen molar-refractivity contribution in [1.29, 1.82) is 0 Å². The first-order valence-corrected chi connectivity index (χ1v) is 16.3. The number of nitrogens with one attached hydrogen (secondary N) is 3. The minimum Gasteiger partial charge on any atom is -0.493 e. The fourth-order valence-corrected chi connectivity index (χ4v) is 5.06. The van der Waals surface area contributed by atoms with Gasteiger partial charge in [-0.2, -0.15) is 9.97 Å². The van der Waals surface area contributed by atoms with E-state index in [1.54, 1.807) is 68.0 Å². The topological polar surface area (TPSA) is 159 Å². The number of hydrogen-bond donors (Lipinski definition) is 3. The van der Waals surface area contributed by atoms with E-state index < -0.39 is 10.0 Å². The fraction of sp³-hybridized carbons (Fsp3) is 0.333. The summed E-state index contributed by atoms with van der Waals surface area (Å²) < 4.78 is 53.8. The Hall–Kier alpha value is -4.21. The van der Waals surface area contributed by atoms with E-state index in [0.717, 1.165) is 5.56 Å². The fourth-order valence-electron chi connectivity index (χ4n) is 3.85. The molecular formula is C30H36BrN7O6S. The van der Waals surface area contributed by atoms with Gasteiger partial charge < -0.3 is 29.6 Å². The lowest BCUT2D eigenvalue weighted by Crippen LogP contribution is -2.21. The first-order chi connectivity index (χ1) is 21.5. The van der Waals surface area contributed by atoms with Gasteiger partial charge in [-0.15, -0.1) is 0 Å². The Kier molecular flexibility index (Phi) is 11.4. The molecule has 2 aromatic carbocycles. The van der Waals surface area contributed by atoms with Crippen LogP contribution in [0, 0.1) is 0 Å². The second-order valence-electron chi connectivity index (χ2n) is 10.6. The van der Waals surface area contributed by atoms with Crippen molar-refractivity contribution in [2.75, 3.05) is 50.5 Å². The molecule has 0 aliphatic carbocycles. The number of anilines is 2. The Balaban J connectivity index is 1.71. The SMILES string of the molecule is CNCCNc1nc(NS(=O)(=O)c2ccc(C(C)(C)C)cc2)c(Oc2ccccc2OC)c(OCCOc2ncc(Br)cn2)n1. The highest BCUT2D eigenvalue weighted by molar-refractivity contribution is 9.10. The van der Waals surface area contributed by atoms with Gasteiger partial charge in [0.1, 0.15) is 13.2 Å². The molecule has 0 atom stereocenters. The molecule has 0 radical (unpaired) electrons. The highest BCUT2D eigenvalue weighted by Gasteiger charge is 2.25. The number of hydrogen-bond acceptors (Lipinski definition) is 12. The number of benzene rings is 2. The second kappa shape index (κ2) is 15.2. The summed E-state index contributed by atoms with van der Waals surface area (Å²) in [6, 6.07) is 13.7. The van der Waals surface area contributed by atoms with Gasteiger partial charge in [0.2, 0.25) is 11.7 Å². The molecule has 0 bridgehead atoms. The molecular weight excluding hydrogens is 666 g/mol. The molecule has 240 valence electrons. The van der Waals surface area contributed by atoms with Crippen molar-refractivity contribution in [3.8, 4) is 29.1 Å². The van der Waals surface area contributed by atoms with Gasteiger partial charge >= 0.3 is 6.01 Å². The average molecular weight is 703 g/mol. The first kappa shape index (κ1) is 33.7. The number of halogens is 1. The summed E-state index contributed by atoms with van der Waals surface area (Å²) in [6.07, 6.45) is 3.12. The van der Waals surface area contributed by atoms with Crippen LogP contribution in [0.25, 0.3) is 0 Å². The molecule has 2 heterocycles. The highest BCUT2D eigenvalue weighted by Crippen LogP contribution is 2.41. The van der Waals surface area contributed by atoms with Crippen molar-refractivity contribution in [1.82, 2.24) is 25.3 Å². The smallest absolute Gasteiger partial charge is 0.316 e. The molecule has 13 nitrogen and oxygen atoms in total. The minimum atomic E-state index is -4.12. The van der Waals surface area contributed by atoms with Crippen molar-refractivity contribution in [3.05, 3.63) is 71.0 Å². The average Bonchev–Trinajstić information content (AvgIpc) is 3.01. The number of likely N-dealkylation sites (N-methyl/N-ethyl adjacent to an activating group) is 1. The zero-order chi connectivity index (χ0) is 32.5. The second-order valence-corrected chi connectivity index (χ2v) is 13.2. The summed E-state index contributed by atoms with van der Waals surface area (Å²) >= 11 is 3.28. The first-order valence-electron chi connectivity index (χ1n) is 14.0. The van der Waals surface area contributed by atoms with E-state index >= 15 is 0 Å². The summed E-state index contributed by atoms with van der Waals surface area (Å²) in [4.78, 5) is 17.2. The molecule has 0 aliphatic rings. The molecule has 0 aliphatic heterocycles. The summed E-state index contributed by atoms with van der Waals surface area (Å²) in [5, 5.41) is 6.10. The largest absolute Gasteiger partial charge is 0.493 e. The molecule has 0 amide bonds. The minimum absolute atomic E-state index is 0.00483. The standard InChI is InChI=1S/C30H36BrN7O6S/c1-30(2,3)20-10-12-22(13-11-20)45(39,40)38-26-25(44-24-9-7-6-8-23(24)41-5)27(37-28(36-26)33-15-14-32-4)42-16-17-43-29-34-18-21(31)19-35-29/h6-13,18-19,32H,14-17H2,1-5H3,(H2,33,36,37,38). The zero-order valence-corrected chi connectivity index (χ0v) is 28.0. The van der Waals surface area contributed by atoms with Crippen LogP contribution in [-0.2, 0) is 15.4 Å². The monoisotopic (exact) mass is 701 g/mol. The van der Waals surface area contributed by atoms with Crippen molar-refractivity contribution in [3.63, 3.8) is 0 Å².